The Morgan fingerprint density at radius 1 is 1.29 bits per heavy atom. The number of halogens is 1. The first kappa shape index (κ1) is 15.3. The van der Waals surface area contributed by atoms with Gasteiger partial charge in [-0.2, -0.15) is 0 Å². The molecule has 0 fully saturated rings. The monoisotopic (exact) mass is 323 g/mol. The van der Waals surface area contributed by atoms with Crippen molar-refractivity contribution in [2.75, 3.05) is 0 Å². The molecule has 5 nitrogen and oxygen atoms in total. The summed E-state index contributed by atoms with van der Waals surface area (Å²) in [5.74, 6) is -0.731. The molecule has 0 radical (unpaired) electrons. The summed E-state index contributed by atoms with van der Waals surface area (Å²) in [7, 11) is 0. The van der Waals surface area contributed by atoms with Gasteiger partial charge in [-0.05, 0) is 18.2 Å². The number of benzene rings is 2. The van der Waals surface area contributed by atoms with Crippen molar-refractivity contribution in [1.82, 2.24) is 0 Å². The third kappa shape index (κ3) is 3.74. The van der Waals surface area contributed by atoms with Crippen LogP contribution in [0.5, 0.6) is 0 Å². The Morgan fingerprint density at radius 3 is 2.67 bits per heavy atom. The maximum atomic E-state index is 11.0. The lowest BCUT2D eigenvalue weighted by atomic mass is 10.2. The average Bonchev–Trinajstić information content (AvgIpc) is 2.46. The summed E-state index contributed by atoms with van der Waals surface area (Å²) >= 11 is 7.11. The van der Waals surface area contributed by atoms with Crippen LogP contribution in [-0.2, 0) is 5.75 Å². The van der Waals surface area contributed by atoms with Crippen molar-refractivity contribution in [3.05, 3.63) is 68.7 Å². The first-order valence-corrected chi connectivity index (χ1v) is 7.23. The Bertz CT molecular complexity index is 705. The number of carboxylic acids is 1. The fourth-order valence-corrected chi connectivity index (χ4v) is 2.86. The van der Waals surface area contributed by atoms with Gasteiger partial charge >= 0.3 is 5.97 Å². The van der Waals surface area contributed by atoms with E-state index in [9.17, 15) is 14.9 Å². The zero-order valence-corrected chi connectivity index (χ0v) is 12.2. The second kappa shape index (κ2) is 6.60. The molecule has 21 heavy (non-hydrogen) atoms. The number of nitro benzene ring substituents is 1. The molecule has 1 N–H and O–H groups in total. The number of aromatic carboxylic acids is 1. The summed E-state index contributed by atoms with van der Waals surface area (Å²) in [6, 6.07) is 11.1. The van der Waals surface area contributed by atoms with Crippen molar-refractivity contribution in [2.24, 2.45) is 0 Å². The molecule has 2 aromatic carbocycles. The van der Waals surface area contributed by atoms with Gasteiger partial charge in [0.05, 0.1) is 15.5 Å². The Hall–Kier alpha value is -2.05. The van der Waals surface area contributed by atoms with Gasteiger partial charge in [0.2, 0.25) is 0 Å². The number of para-hydroxylation sites is 1. The topological polar surface area (TPSA) is 80.4 Å². The summed E-state index contributed by atoms with van der Waals surface area (Å²) in [6.45, 7) is 0. The number of hydrogen-bond acceptors (Lipinski definition) is 4. The molecule has 0 saturated carbocycles. The molecular weight excluding hydrogens is 314 g/mol. The van der Waals surface area contributed by atoms with Crippen LogP contribution in [0.25, 0.3) is 0 Å². The first-order valence-electron chi connectivity index (χ1n) is 5.87. The van der Waals surface area contributed by atoms with E-state index in [1.54, 1.807) is 24.3 Å². The molecule has 0 aliphatic carbocycles. The van der Waals surface area contributed by atoms with Crippen molar-refractivity contribution in [2.45, 2.75) is 10.6 Å². The highest BCUT2D eigenvalue weighted by Gasteiger charge is 2.14. The quantitative estimate of drug-likeness (QED) is 0.505. The standard InChI is InChI=1S/C14H10ClNO4S/c15-12-6-5-10(7-11(12)14(17)18)21-8-9-3-1-2-4-13(9)16(19)20/h1-7H,8H2,(H,17,18). The predicted molar refractivity (Wildman–Crippen MR) is 81.1 cm³/mol. The molecule has 0 saturated heterocycles. The van der Waals surface area contributed by atoms with Gasteiger partial charge in [0.1, 0.15) is 0 Å². The Kier molecular flexibility index (Phi) is 4.82. The van der Waals surface area contributed by atoms with Crippen molar-refractivity contribution in [1.29, 1.82) is 0 Å². The summed E-state index contributed by atoms with van der Waals surface area (Å²) in [5, 5.41) is 20.1. The molecule has 0 heterocycles. The van der Waals surface area contributed by atoms with Gasteiger partial charge in [-0.3, -0.25) is 10.1 Å². The second-order valence-electron chi connectivity index (χ2n) is 4.12. The summed E-state index contributed by atoms with van der Waals surface area (Å²) in [5.41, 5.74) is 0.654. The molecule has 2 rings (SSSR count). The SMILES string of the molecule is O=C(O)c1cc(SCc2ccccc2[N+](=O)[O-])ccc1Cl. The molecule has 0 aliphatic rings. The van der Waals surface area contributed by atoms with Gasteiger partial charge in [0.15, 0.2) is 0 Å². The van der Waals surface area contributed by atoms with E-state index in [4.69, 9.17) is 16.7 Å². The average molecular weight is 324 g/mol. The molecule has 2 aromatic rings. The fraction of sp³-hybridized carbons (Fsp3) is 0.0714. The molecular formula is C14H10ClNO4S. The number of carboxylic acid groups (broad SMARTS) is 1. The van der Waals surface area contributed by atoms with E-state index >= 15 is 0 Å². The van der Waals surface area contributed by atoms with Crippen LogP contribution in [-0.4, -0.2) is 16.0 Å². The van der Waals surface area contributed by atoms with E-state index in [1.807, 2.05) is 0 Å². The third-order valence-corrected chi connectivity index (χ3v) is 4.12. The second-order valence-corrected chi connectivity index (χ2v) is 5.58. The number of carbonyl (C=O) groups is 1. The lowest BCUT2D eigenvalue weighted by molar-refractivity contribution is -0.385. The van der Waals surface area contributed by atoms with Gasteiger partial charge in [-0.15, -0.1) is 11.8 Å². The number of rotatable bonds is 5. The molecule has 0 spiro atoms. The van der Waals surface area contributed by atoms with Gasteiger partial charge in [0.25, 0.3) is 5.69 Å². The first-order chi connectivity index (χ1) is 9.99. The van der Waals surface area contributed by atoms with Crippen molar-refractivity contribution in [3.63, 3.8) is 0 Å². The number of nitrogens with zero attached hydrogens (tertiary/aromatic N) is 1. The molecule has 7 heteroatoms. The normalized spacial score (nSPS) is 10.3. The highest BCUT2D eigenvalue weighted by molar-refractivity contribution is 7.98. The zero-order chi connectivity index (χ0) is 15.4. The Balaban J connectivity index is 2.19. The highest BCUT2D eigenvalue weighted by atomic mass is 35.5. The van der Waals surface area contributed by atoms with Crippen LogP contribution in [0.15, 0.2) is 47.4 Å². The predicted octanol–water partition coefficient (Wildman–Crippen LogP) is 4.24. The smallest absolute Gasteiger partial charge is 0.337 e. The molecule has 108 valence electrons. The molecule has 0 aromatic heterocycles. The van der Waals surface area contributed by atoms with Crippen LogP contribution < -0.4 is 0 Å². The van der Waals surface area contributed by atoms with Crippen LogP contribution >= 0.6 is 23.4 Å². The van der Waals surface area contributed by atoms with Gasteiger partial charge < -0.3 is 5.11 Å². The van der Waals surface area contributed by atoms with Crippen molar-refractivity contribution >= 4 is 35.0 Å². The van der Waals surface area contributed by atoms with E-state index in [2.05, 4.69) is 0 Å². The van der Waals surface area contributed by atoms with E-state index in [0.717, 1.165) is 0 Å². The lowest BCUT2D eigenvalue weighted by Gasteiger charge is -2.05. The molecule has 0 amide bonds. The van der Waals surface area contributed by atoms with E-state index in [0.29, 0.717) is 16.2 Å². The Morgan fingerprint density at radius 2 is 2.00 bits per heavy atom. The van der Waals surface area contributed by atoms with Crippen LogP contribution in [0.2, 0.25) is 5.02 Å². The van der Waals surface area contributed by atoms with Gasteiger partial charge in [-0.25, -0.2) is 4.79 Å². The molecule has 0 atom stereocenters. The maximum absolute atomic E-state index is 11.0. The Labute approximate surface area is 129 Å². The van der Waals surface area contributed by atoms with E-state index in [-0.39, 0.29) is 16.3 Å². The van der Waals surface area contributed by atoms with Crippen LogP contribution in [0.1, 0.15) is 15.9 Å². The lowest BCUT2D eigenvalue weighted by Crippen LogP contribution is -1.97. The maximum Gasteiger partial charge on any atom is 0.337 e. The van der Waals surface area contributed by atoms with Crippen molar-refractivity contribution < 1.29 is 14.8 Å². The summed E-state index contributed by atoms with van der Waals surface area (Å²) in [6.07, 6.45) is 0. The third-order valence-electron chi connectivity index (χ3n) is 2.75. The zero-order valence-electron chi connectivity index (χ0n) is 10.7. The van der Waals surface area contributed by atoms with E-state index < -0.39 is 10.9 Å². The number of thioether (sulfide) groups is 1. The number of hydrogen-bond donors (Lipinski definition) is 1. The largest absolute Gasteiger partial charge is 0.478 e. The fourth-order valence-electron chi connectivity index (χ4n) is 1.73. The van der Waals surface area contributed by atoms with Crippen molar-refractivity contribution in [3.8, 4) is 0 Å². The molecule has 0 bridgehead atoms. The molecule has 0 unspecified atom stereocenters. The summed E-state index contributed by atoms with van der Waals surface area (Å²) in [4.78, 5) is 22.2. The van der Waals surface area contributed by atoms with E-state index in [1.165, 1.54) is 30.0 Å². The number of nitro groups is 1. The van der Waals surface area contributed by atoms with Gasteiger partial charge in [0, 0.05) is 22.3 Å². The minimum Gasteiger partial charge on any atom is -0.478 e. The minimum atomic E-state index is -1.10. The minimum absolute atomic E-state index is 0.0178. The van der Waals surface area contributed by atoms with Gasteiger partial charge in [-0.1, -0.05) is 29.8 Å². The summed E-state index contributed by atoms with van der Waals surface area (Å²) < 4.78 is 0. The van der Waals surface area contributed by atoms with Crippen LogP contribution in [0.3, 0.4) is 0 Å². The highest BCUT2D eigenvalue weighted by Crippen LogP contribution is 2.30. The van der Waals surface area contributed by atoms with Crippen LogP contribution in [0.4, 0.5) is 5.69 Å². The van der Waals surface area contributed by atoms with Crippen LogP contribution in [0, 0.1) is 10.1 Å². The molecule has 0 aliphatic heterocycles.